The zero-order valence-corrected chi connectivity index (χ0v) is 17.4. The molecular formula is C23H25ClN2O3. The number of imidazole rings is 1. The predicted octanol–water partition coefficient (Wildman–Crippen LogP) is 5.54. The maximum atomic E-state index is 11.9. The lowest BCUT2D eigenvalue weighted by Crippen LogP contribution is -2.09. The Balaban J connectivity index is 1.97. The van der Waals surface area contributed by atoms with Gasteiger partial charge in [0.05, 0.1) is 18.4 Å². The Labute approximate surface area is 175 Å². The minimum absolute atomic E-state index is 0.213. The van der Waals surface area contributed by atoms with E-state index >= 15 is 0 Å². The SMILES string of the molecule is CCCCc1ncc(/C=C(\Cc2ccc(C)o2)C(=O)O)n1Cc1ccccc1Cl. The van der Waals surface area contributed by atoms with Crippen LogP contribution in [0.2, 0.25) is 5.02 Å². The predicted molar refractivity (Wildman–Crippen MR) is 114 cm³/mol. The van der Waals surface area contributed by atoms with E-state index in [1.807, 2.05) is 41.8 Å². The molecule has 0 saturated carbocycles. The summed E-state index contributed by atoms with van der Waals surface area (Å²) in [7, 11) is 0. The summed E-state index contributed by atoms with van der Waals surface area (Å²) < 4.78 is 7.61. The van der Waals surface area contributed by atoms with Gasteiger partial charge in [0.15, 0.2) is 0 Å². The second-order valence-electron chi connectivity index (χ2n) is 7.04. The maximum absolute atomic E-state index is 11.9. The molecule has 0 spiro atoms. The van der Waals surface area contributed by atoms with Crippen molar-refractivity contribution in [3.63, 3.8) is 0 Å². The molecule has 0 aliphatic heterocycles. The Morgan fingerprint density at radius 1 is 1.28 bits per heavy atom. The maximum Gasteiger partial charge on any atom is 0.332 e. The van der Waals surface area contributed by atoms with Crippen LogP contribution in [0, 0.1) is 6.92 Å². The summed E-state index contributed by atoms with van der Waals surface area (Å²) in [6.07, 6.45) is 6.53. The Morgan fingerprint density at radius 3 is 2.72 bits per heavy atom. The van der Waals surface area contributed by atoms with Crippen molar-refractivity contribution in [3.05, 3.63) is 81.8 Å². The number of aryl methyl sites for hydroxylation is 2. The number of aromatic nitrogens is 2. The summed E-state index contributed by atoms with van der Waals surface area (Å²) in [6, 6.07) is 11.3. The largest absolute Gasteiger partial charge is 0.478 e. The van der Waals surface area contributed by atoms with E-state index in [0.717, 1.165) is 42.1 Å². The topological polar surface area (TPSA) is 68.3 Å². The number of hydrogen-bond donors (Lipinski definition) is 1. The number of rotatable bonds is 9. The van der Waals surface area contributed by atoms with Gasteiger partial charge in [-0.1, -0.05) is 43.1 Å². The normalized spacial score (nSPS) is 11.8. The average Bonchev–Trinajstić information content (AvgIpc) is 3.27. The van der Waals surface area contributed by atoms with Crippen LogP contribution in [-0.4, -0.2) is 20.6 Å². The van der Waals surface area contributed by atoms with Crippen LogP contribution in [-0.2, 0) is 24.2 Å². The lowest BCUT2D eigenvalue weighted by Gasteiger charge is -2.12. The monoisotopic (exact) mass is 412 g/mol. The number of carbonyl (C=O) groups is 1. The van der Waals surface area contributed by atoms with Crippen molar-refractivity contribution in [2.24, 2.45) is 0 Å². The molecule has 3 rings (SSSR count). The number of unbranched alkanes of at least 4 members (excludes halogenated alkanes) is 1. The van der Waals surface area contributed by atoms with Gasteiger partial charge in [0.25, 0.3) is 0 Å². The first-order valence-electron chi connectivity index (χ1n) is 9.75. The summed E-state index contributed by atoms with van der Waals surface area (Å²) in [5, 5.41) is 10.4. The van der Waals surface area contributed by atoms with Crippen molar-refractivity contribution in [1.82, 2.24) is 9.55 Å². The van der Waals surface area contributed by atoms with Gasteiger partial charge in [-0.05, 0) is 43.2 Å². The zero-order chi connectivity index (χ0) is 20.8. The molecule has 1 N–H and O–H groups in total. The minimum atomic E-state index is -0.973. The third-order valence-electron chi connectivity index (χ3n) is 4.77. The highest BCUT2D eigenvalue weighted by atomic mass is 35.5. The van der Waals surface area contributed by atoms with E-state index in [9.17, 15) is 9.90 Å². The molecule has 0 radical (unpaired) electrons. The van der Waals surface area contributed by atoms with Crippen molar-refractivity contribution in [2.75, 3.05) is 0 Å². The number of carboxylic acid groups (broad SMARTS) is 1. The fourth-order valence-corrected chi connectivity index (χ4v) is 3.39. The highest BCUT2D eigenvalue weighted by molar-refractivity contribution is 6.31. The third-order valence-corrected chi connectivity index (χ3v) is 5.14. The number of benzene rings is 1. The van der Waals surface area contributed by atoms with Gasteiger partial charge in [-0.25, -0.2) is 9.78 Å². The fourth-order valence-electron chi connectivity index (χ4n) is 3.19. The summed E-state index contributed by atoms with van der Waals surface area (Å²) in [5.74, 6) is 1.34. The van der Waals surface area contributed by atoms with E-state index in [1.54, 1.807) is 18.3 Å². The van der Waals surface area contributed by atoms with Crippen molar-refractivity contribution >= 4 is 23.6 Å². The molecule has 0 unspecified atom stereocenters. The first-order valence-corrected chi connectivity index (χ1v) is 10.1. The lowest BCUT2D eigenvalue weighted by molar-refractivity contribution is -0.132. The molecule has 1 aromatic carbocycles. The van der Waals surface area contributed by atoms with Gasteiger partial charge < -0.3 is 14.1 Å². The molecule has 152 valence electrons. The van der Waals surface area contributed by atoms with Crippen molar-refractivity contribution in [3.8, 4) is 0 Å². The van der Waals surface area contributed by atoms with Crippen LogP contribution in [0.15, 0.2) is 52.6 Å². The Bertz CT molecular complexity index is 1020. The van der Waals surface area contributed by atoms with E-state index < -0.39 is 5.97 Å². The first kappa shape index (κ1) is 20.9. The molecule has 0 atom stereocenters. The van der Waals surface area contributed by atoms with Crippen molar-refractivity contribution < 1.29 is 14.3 Å². The van der Waals surface area contributed by atoms with Crippen LogP contribution in [0.1, 0.15) is 48.4 Å². The van der Waals surface area contributed by atoms with Crippen LogP contribution >= 0.6 is 11.6 Å². The smallest absolute Gasteiger partial charge is 0.332 e. The van der Waals surface area contributed by atoms with Gasteiger partial charge in [-0.15, -0.1) is 0 Å². The third kappa shape index (κ3) is 5.39. The Hall–Kier alpha value is -2.79. The van der Waals surface area contributed by atoms with Gasteiger partial charge >= 0.3 is 5.97 Å². The summed E-state index contributed by atoms with van der Waals surface area (Å²) in [6.45, 7) is 4.51. The lowest BCUT2D eigenvalue weighted by atomic mass is 10.1. The Morgan fingerprint density at radius 2 is 2.07 bits per heavy atom. The molecular weight excluding hydrogens is 388 g/mol. The van der Waals surface area contributed by atoms with E-state index in [1.165, 1.54) is 0 Å². The number of hydrogen-bond acceptors (Lipinski definition) is 3. The van der Waals surface area contributed by atoms with Crippen LogP contribution in [0.5, 0.6) is 0 Å². The highest BCUT2D eigenvalue weighted by Crippen LogP contribution is 2.21. The summed E-state index contributed by atoms with van der Waals surface area (Å²) in [5.41, 5.74) is 1.97. The molecule has 6 heteroatoms. The number of carboxylic acids is 1. The van der Waals surface area contributed by atoms with Gasteiger partial charge in [0.1, 0.15) is 17.3 Å². The molecule has 0 fully saturated rings. The summed E-state index contributed by atoms with van der Waals surface area (Å²) >= 11 is 6.36. The second kappa shape index (κ2) is 9.61. The van der Waals surface area contributed by atoms with Crippen LogP contribution in [0.25, 0.3) is 6.08 Å². The molecule has 5 nitrogen and oxygen atoms in total. The number of nitrogens with zero attached hydrogens (tertiary/aromatic N) is 2. The van der Waals surface area contributed by atoms with Crippen LogP contribution in [0.4, 0.5) is 0 Å². The van der Waals surface area contributed by atoms with Crippen LogP contribution < -0.4 is 0 Å². The van der Waals surface area contributed by atoms with Crippen molar-refractivity contribution in [2.45, 2.75) is 46.1 Å². The van der Waals surface area contributed by atoms with Crippen LogP contribution in [0.3, 0.4) is 0 Å². The standard InChI is InChI=1S/C23H25ClN2O3/c1-3-4-9-22-25-14-19(26(22)15-17-7-5-6-8-21(17)24)12-18(23(27)28)13-20-11-10-16(2)29-20/h5-8,10-12,14H,3-4,9,13,15H2,1-2H3,(H,27,28)/b18-12+. The minimum Gasteiger partial charge on any atom is -0.478 e. The zero-order valence-electron chi connectivity index (χ0n) is 16.7. The van der Waals surface area contributed by atoms with Gasteiger partial charge in [0.2, 0.25) is 0 Å². The molecule has 0 saturated heterocycles. The average molecular weight is 413 g/mol. The number of aliphatic carboxylic acids is 1. The molecule has 0 bridgehead atoms. The number of furan rings is 1. The van der Waals surface area contributed by atoms with Gasteiger partial charge in [-0.3, -0.25) is 0 Å². The van der Waals surface area contributed by atoms with E-state index in [4.69, 9.17) is 16.0 Å². The summed E-state index contributed by atoms with van der Waals surface area (Å²) in [4.78, 5) is 16.4. The number of halogens is 1. The molecule has 3 aromatic rings. The quantitative estimate of drug-likeness (QED) is 0.468. The molecule has 0 aliphatic carbocycles. The second-order valence-corrected chi connectivity index (χ2v) is 7.45. The van der Waals surface area contributed by atoms with Crippen molar-refractivity contribution in [1.29, 1.82) is 0 Å². The highest BCUT2D eigenvalue weighted by Gasteiger charge is 2.15. The molecule has 2 heterocycles. The molecule has 29 heavy (non-hydrogen) atoms. The fraction of sp³-hybridized carbons (Fsp3) is 0.304. The van der Waals surface area contributed by atoms with E-state index in [-0.39, 0.29) is 12.0 Å². The molecule has 0 amide bonds. The van der Waals surface area contributed by atoms with Gasteiger partial charge in [-0.2, -0.15) is 0 Å². The van der Waals surface area contributed by atoms with Gasteiger partial charge in [0, 0.05) is 23.4 Å². The first-order chi connectivity index (χ1) is 14.0. The van der Waals surface area contributed by atoms with E-state index in [0.29, 0.717) is 17.3 Å². The molecule has 2 aromatic heterocycles. The molecule has 0 aliphatic rings. The van der Waals surface area contributed by atoms with E-state index in [2.05, 4.69) is 11.9 Å². The Kier molecular flexibility index (Phi) is 6.94.